The number of carbonyl (C=O) groups excluding carboxylic acids is 2. The van der Waals surface area contributed by atoms with Crippen LogP contribution >= 0.6 is 0 Å². The van der Waals surface area contributed by atoms with Crippen molar-refractivity contribution in [1.82, 2.24) is 20.0 Å². The molecule has 9 nitrogen and oxygen atoms in total. The predicted octanol–water partition coefficient (Wildman–Crippen LogP) is 0.422. The first kappa shape index (κ1) is 17.2. The minimum atomic E-state index is -0.882. The SMILES string of the molecule is Cn1ccc(N2CCCC(NC(=O)N3CCCC(C(=O)O)C3)C2=O)n1. The summed E-state index contributed by atoms with van der Waals surface area (Å²) in [7, 11) is 1.78. The van der Waals surface area contributed by atoms with E-state index in [1.54, 1.807) is 28.9 Å². The minimum absolute atomic E-state index is 0.176. The van der Waals surface area contributed by atoms with Gasteiger partial charge in [0.2, 0.25) is 0 Å². The highest BCUT2D eigenvalue weighted by molar-refractivity contribution is 5.99. The molecular weight excluding hydrogens is 326 g/mol. The maximum Gasteiger partial charge on any atom is 0.318 e. The maximum atomic E-state index is 12.7. The van der Waals surface area contributed by atoms with Crippen LogP contribution in [0.15, 0.2) is 12.3 Å². The van der Waals surface area contributed by atoms with Gasteiger partial charge in [-0.05, 0) is 25.7 Å². The van der Waals surface area contributed by atoms with Crippen LogP contribution in [0.1, 0.15) is 25.7 Å². The molecule has 1 aromatic rings. The Morgan fingerprint density at radius 3 is 2.72 bits per heavy atom. The van der Waals surface area contributed by atoms with Crippen molar-refractivity contribution < 1.29 is 19.5 Å². The number of aromatic nitrogens is 2. The van der Waals surface area contributed by atoms with Crippen molar-refractivity contribution in [2.75, 3.05) is 24.5 Å². The van der Waals surface area contributed by atoms with E-state index < -0.39 is 17.9 Å². The molecule has 3 heterocycles. The summed E-state index contributed by atoms with van der Waals surface area (Å²) < 4.78 is 1.63. The average molecular weight is 349 g/mol. The third-order valence-corrected chi connectivity index (χ3v) is 4.77. The number of aryl methyl sites for hydroxylation is 1. The molecule has 136 valence electrons. The molecule has 25 heavy (non-hydrogen) atoms. The van der Waals surface area contributed by atoms with Crippen LogP contribution in [0.3, 0.4) is 0 Å². The number of likely N-dealkylation sites (tertiary alicyclic amines) is 1. The molecule has 0 radical (unpaired) electrons. The Morgan fingerprint density at radius 2 is 2.04 bits per heavy atom. The summed E-state index contributed by atoms with van der Waals surface area (Å²) in [5.74, 6) is -1.01. The fourth-order valence-corrected chi connectivity index (χ4v) is 3.39. The first-order valence-corrected chi connectivity index (χ1v) is 8.55. The zero-order valence-corrected chi connectivity index (χ0v) is 14.2. The Hall–Kier alpha value is -2.58. The molecule has 0 aliphatic carbocycles. The first-order chi connectivity index (χ1) is 12.0. The number of carbonyl (C=O) groups is 3. The molecule has 2 atom stereocenters. The lowest BCUT2D eigenvalue weighted by Crippen LogP contribution is -2.56. The quantitative estimate of drug-likeness (QED) is 0.822. The molecule has 0 saturated carbocycles. The van der Waals surface area contributed by atoms with Gasteiger partial charge >= 0.3 is 12.0 Å². The Labute approximate surface area is 145 Å². The normalized spacial score (nSPS) is 24.3. The van der Waals surface area contributed by atoms with Crippen molar-refractivity contribution in [3.8, 4) is 0 Å². The number of amides is 3. The van der Waals surface area contributed by atoms with Crippen LogP contribution < -0.4 is 10.2 Å². The molecule has 2 saturated heterocycles. The van der Waals surface area contributed by atoms with E-state index in [0.717, 1.165) is 6.42 Å². The Bertz CT molecular complexity index is 673. The number of anilines is 1. The molecule has 0 spiro atoms. The highest BCUT2D eigenvalue weighted by Gasteiger charge is 2.34. The van der Waals surface area contributed by atoms with Gasteiger partial charge in [-0.1, -0.05) is 0 Å². The third kappa shape index (κ3) is 3.75. The molecule has 2 aliphatic heterocycles. The average Bonchev–Trinajstić information content (AvgIpc) is 3.03. The van der Waals surface area contributed by atoms with Gasteiger partial charge in [0.25, 0.3) is 5.91 Å². The first-order valence-electron chi connectivity index (χ1n) is 8.55. The molecule has 3 rings (SSSR count). The Kier molecular flexibility index (Phi) is 4.91. The predicted molar refractivity (Wildman–Crippen MR) is 89.0 cm³/mol. The number of nitrogens with zero attached hydrogens (tertiary/aromatic N) is 4. The number of piperidine rings is 2. The summed E-state index contributed by atoms with van der Waals surface area (Å²) >= 11 is 0. The Morgan fingerprint density at radius 1 is 1.28 bits per heavy atom. The second kappa shape index (κ2) is 7.12. The van der Waals surface area contributed by atoms with Gasteiger partial charge in [-0.25, -0.2) is 4.79 Å². The van der Waals surface area contributed by atoms with Crippen LogP contribution in [0.5, 0.6) is 0 Å². The van der Waals surface area contributed by atoms with Crippen LogP contribution in [0, 0.1) is 5.92 Å². The fourth-order valence-electron chi connectivity index (χ4n) is 3.39. The standard InChI is InChI=1S/C16H23N5O4/c1-19-9-6-13(18-19)21-8-3-5-12(14(21)22)17-16(25)20-7-2-4-11(10-20)15(23)24/h6,9,11-12H,2-5,7-8,10H2,1H3,(H,17,25)(H,23,24). The van der Waals surface area contributed by atoms with E-state index in [-0.39, 0.29) is 18.5 Å². The van der Waals surface area contributed by atoms with Crippen LogP contribution in [-0.2, 0) is 16.6 Å². The van der Waals surface area contributed by atoms with E-state index in [4.69, 9.17) is 5.11 Å². The lowest BCUT2D eigenvalue weighted by atomic mass is 9.98. The second-order valence-electron chi connectivity index (χ2n) is 6.61. The van der Waals surface area contributed by atoms with Gasteiger partial charge in [-0.15, -0.1) is 0 Å². The van der Waals surface area contributed by atoms with E-state index in [1.807, 2.05) is 0 Å². The lowest BCUT2D eigenvalue weighted by Gasteiger charge is -2.35. The van der Waals surface area contributed by atoms with Gasteiger partial charge in [0.1, 0.15) is 6.04 Å². The number of carboxylic acid groups (broad SMARTS) is 1. The van der Waals surface area contributed by atoms with Gasteiger partial charge in [0, 0.05) is 38.9 Å². The zero-order chi connectivity index (χ0) is 18.0. The van der Waals surface area contributed by atoms with Crippen molar-refractivity contribution in [3.05, 3.63) is 12.3 Å². The summed E-state index contributed by atoms with van der Waals surface area (Å²) in [5.41, 5.74) is 0. The highest BCUT2D eigenvalue weighted by Crippen LogP contribution is 2.20. The van der Waals surface area contributed by atoms with Gasteiger partial charge in [0.15, 0.2) is 5.82 Å². The fraction of sp³-hybridized carbons (Fsp3) is 0.625. The molecule has 0 bridgehead atoms. The monoisotopic (exact) mass is 349 g/mol. The molecule has 2 fully saturated rings. The number of carboxylic acids is 1. The van der Waals surface area contributed by atoms with E-state index >= 15 is 0 Å². The lowest BCUT2D eigenvalue weighted by molar-refractivity contribution is -0.143. The molecule has 1 aromatic heterocycles. The van der Waals surface area contributed by atoms with Crippen molar-refractivity contribution >= 4 is 23.7 Å². The van der Waals surface area contributed by atoms with Crippen LogP contribution in [0.4, 0.5) is 10.6 Å². The van der Waals surface area contributed by atoms with Crippen molar-refractivity contribution in [3.63, 3.8) is 0 Å². The number of rotatable bonds is 3. The molecule has 3 amide bonds. The summed E-state index contributed by atoms with van der Waals surface area (Å²) in [5, 5.41) is 16.2. The molecule has 2 unspecified atom stereocenters. The largest absolute Gasteiger partial charge is 0.481 e. The smallest absolute Gasteiger partial charge is 0.318 e. The van der Waals surface area contributed by atoms with E-state index in [1.165, 1.54) is 4.90 Å². The van der Waals surface area contributed by atoms with Gasteiger partial charge in [0.05, 0.1) is 5.92 Å². The van der Waals surface area contributed by atoms with E-state index in [0.29, 0.717) is 38.2 Å². The summed E-state index contributed by atoms with van der Waals surface area (Å²) in [6.45, 7) is 1.28. The van der Waals surface area contributed by atoms with Crippen molar-refractivity contribution in [2.24, 2.45) is 13.0 Å². The third-order valence-electron chi connectivity index (χ3n) is 4.77. The Balaban J connectivity index is 1.62. The van der Waals surface area contributed by atoms with Gasteiger partial charge < -0.3 is 15.3 Å². The second-order valence-corrected chi connectivity index (χ2v) is 6.61. The number of hydrogen-bond acceptors (Lipinski definition) is 4. The van der Waals surface area contributed by atoms with Crippen molar-refractivity contribution in [1.29, 1.82) is 0 Å². The summed E-state index contributed by atoms with van der Waals surface area (Å²) in [6, 6.07) is 0.796. The number of urea groups is 1. The van der Waals surface area contributed by atoms with Crippen LogP contribution in [0.25, 0.3) is 0 Å². The van der Waals surface area contributed by atoms with E-state index in [2.05, 4.69) is 10.4 Å². The van der Waals surface area contributed by atoms with Crippen molar-refractivity contribution in [2.45, 2.75) is 31.7 Å². The highest BCUT2D eigenvalue weighted by atomic mass is 16.4. The topological polar surface area (TPSA) is 108 Å². The van der Waals surface area contributed by atoms with Gasteiger partial charge in [-0.3, -0.25) is 19.2 Å². The molecule has 2 N–H and O–H groups in total. The molecular formula is C16H23N5O4. The van der Waals surface area contributed by atoms with Gasteiger partial charge in [-0.2, -0.15) is 5.10 Å². The number of hydrogen-bond donors (Lipinski definition) is 2. The summed E-state index contributed by atoms with van der Waals surface area (Å²) in [4.78, 5) is 39.4. The molecule has 2 aliphatic rings. The molecule has 0 aromatic carbocycles. The summed E-state index contributed by atoms with van der Waals surface area (Å²) in [6.07, 6.45) is 4.34. The van der Waals surface area contributed by atoms with Crippen LogP contribution in [-0.4, -0.2) is 63.4 Å². The maximum absolute atomic E-state index is 12.7. The van der Waals surface area contributed by atoms with Crippen LogP contribution in [0.2, 0.25) is 0 Å². The molecule has 9 heteroatoms. The minimum Gasteiger partial charge on any atom is -0.481 e. The number of nitrogens with one attached hydrogen (secondary N) is 1. The van der Waals surface area contributed by atoms with E-state index in [9.17, 15) is 14.4 Å². The number of aliphatic carboxylic acids is 1. The zero-order valence-electron chi connectivity index (χ0n) is 14.2.